The Morgan fingerprint density at radius 2 is 0.698 bits per heavy atom. The molecule has 0 radical (unpaired) electrons. The quantitative estimate of drug-likeness (QED) is 0.0502. The summed E-state index contributed by atoms with van der Waals surface area (Å²) < 4.78 is 4.93. The van der Waals surface area contributed by atoms with Crippen molar-refractivity contribution in [3.8, 4) is 0 Å². The molecule has 0 bridgehead atoms. The van der Waals surface area contributed by atoms with Crippen molar-refractivity contribution >= 4 is 11.9 Å². The Balaban J connectivity index is 0. The van der Waals surface area contributed by atoms with E-state index in [1.165, 1.54) is 154 Å². The van der Waals surface area contributed by atoms with Gasteiger partial charge in [-0.25, -0.2) is 0 Å². The molecule has 0 aromatic rings. The second kappa shape index (κ2) is 38.9. The number of carbonyl (C=O) groups is 2. The van der Waals surface area contributed by atoms with Crippen LogP contribution in [0.4, 0.5) is 0 Å². The lowest BCUT2D eigenvalue weighted by atomic mass is 10.0. The fourth-order valence-corrected chi connectivity index (χ4v) is 5.31. The zero-order valence-corrected chi connectivity index (χ0v) is 28.8. The Hall–Kier alpha value is -1.14. The molecule has 0 aliphatic carbocycles. The number of carboxylic acids is 1. The molecule has 3 N–H and O–H groups in total. The van der Waals surface area contributed by atoms with Crippen LogP contribution in [0.5, 0.6) is 0 Å². The number of unbranched alkanes of at least 4 members (excludes halogenated alkanes) is 26. The first-order chi connectivity index (χ1) is 21.0. The van der Waals surface area contributed by atoms with Crippen molar-refractivity contribution in [1.82, 2.24) is 0 Å². The topological polar surface area (TPSA) is 104 Å². The van der Waals surface area contributed by atoms with Gasteiger partial charge in [-0.05, 0) is 12.8 Å². The van der Waals surface area contributed by atoms with E-state index in [1.54, 1.807) is 0 Å². The van der Waals surface area contributed by atoms with E-state index in [9.17, 15) is 9.59 Å². The summed E-state index contributed by atoms with van der Waals surface area (Å²) in [5.74, 6) is -0.971. The number of hydrogen-bond donors (Lipinski definition) is 3. The average molecular weight is 615 g/mol. The summed E-state index contributed by atoms with van der Waals surface area (Å²) in [7, 11) is 0. The lowest BCUT2D eigenvalue weighted by Gasteiger charge is -2.12. The van der Waals surface area contributed by atoms with Crippen LogP contribution >= 0.6 is 0 Å². The number of carboxylic acid groups (broad SMARTS) is 1. The smallest absolute Gasteiger partial charge is 0.306 e. The first-order valence-electron chi connectivity index (χ1n) is 18.6. The molecule has 0 saturated carbocycles. The Labute approximate surface area is 267 Å². The molecule has 0 aromatic heterocycles. The van der Waals surface area contributed by atoms with Crippen LogP contribution in [0.15, 0.2) is 0 Å². The van der Waals surface area contributed by atoms with E-state index in [0.29, 0.717) is 12.8 Å². The van der Waals surface area contributed by atoms with Crippen molar-refractivity contribution in [2.75, 3.05) is 13.2 Å². The second-order valence-electron chi connectivity index (χ2n) is 12.6. The highest BCUT2D eigenvalue weighted by molar-refractivity contribution is 5.69. The maximum atomic E-state index is 11.5. The molecule has 43 heavy (non-hydrogen) atoms. The molecule has 0 aliphatic heterocycles. The highest BCUT2D eigenvalue weighted by atomic mass is 16.6. The van der Waals surface area contributed by atoms with Gasteiger partial charge in [0.2, 0.25) is 0 Å². The molecule has 0 rings (SSSR count). The fraction of sp³-hybridized carbons (Fsp3) is 0.946. The monoisotopic (exact) mass is 615 g/mol. The van der Waals surface area contributed by atoms with Crippen LogP contribution in [-0.2, 0) is 14.3 Å². The lowest BCUT2D eigenvalue weighted by molar-refractivity contribution is -0.153. The molecule has 0 atom stereocenters. The molecule has 258 valence electrons. The molecule has 0 saturated heterocycles. The zero-order valence-electron chi connectivity index (χ0n) is 28.8. The minimum atomic E-state index is -0.760. The highest BCUT2D eigenvalue weighted by Crippen LogP contribution is 2.15. The number of hydrogen-bond acceptors (Lipinski definition) is 5. The molecule has 0 heterocycles. The maximum absolute atomic E-state index is 11.5. The minimum Gasteiger partial charge on any atom is -0.481 e. The van der Waals surface area contributed by atoms with Gasteiger partial charge in [-0.3, -0.25) is 9.59 Å². The van der Waals surface area contributed by atoms with Crippen LogP contribution in [0.3, 0.4) is 0 Å². The van der Waals surface area contributed by atoms with Gasteiger partial charge in [0.15, 0.2) is 0 Å². The van der Waals surface area contributed by atoms with Gasteiger partial charge in [-0.2, -0.15) is 0 Å². The number of esters is 1. The molecule has 6 heteroatoms. The van der Waals surface area contributed by atoms with Gasteiger partial charge in [0.25, 0.3) is 0 Å². The van der Waals surface area contributed by atoms with E-state index in [2.05, 4.69) is 13.8 Å². The van der Waals surface area contributed by atoms with Crippen LogP contribution in [0.2, 0.25) is 0 Å². The summed E-state index contributed by atoms with van der Waals surface area (Å²) in [5.41, 5.74) is 0. The molecule has 0 unspecified atom stereocenters. The normalized spacial score (nSPS) is 11.0. The van der Waals surface area contributed by atoms with Gasteiger partial charge < -0.3 is 20.1 Å². The Morgan fingerprint density at radius 3 is 0.953 bits per heavy atom. The van der Waals surface area contributed by atoms with Crippen LogP contribution < -0.4 is 0 Å². The number of rotatable bonds is 33. The van der Waals surface area contributed by atoms with Crippen LogP contribution in [-0.4, -0.2) is 46.6 Å². The second-order valence-corrected chi connectivity index (χ2v) is 12.6. The molecular weight excluding hydrogens is 540 g/mol. The minimum absolute atomic E-state index is 0.317. The summed E-state index contributed by atoms with van der Waals surface area (Å²) in [6.07, 6.45) is 36.4. The fourth-order valence-electron chi connectivity index (χ4n) is 5.31. The molecule has 0 aliphatic rings. The third-order valence-electron chi connectivity index (χ3n) is 8.18. The van der Waals surface area contributed by atoms with Crippen molar-refractivity contribution in [1.29, 1.82) is 0 Å². The number of carbonyl (C=O) groups excluding carboxylic acids is 1. The number of aliphatic carboxylic acids is 1. The highest BCUT2D eigenvalue weighted by Gasteiger charge is 2.11. The first kappa shape index (κ1) is 44.0. The van der Waals surface area contributed by atoms with Gasteiger partial charge in [0, 0.05) is 12.8 Å². The largest absolute Gasteiger partial charge is 0.481 e. The molecule has 0 spiro atoms. The summed E-state index contributed by atoms with van der Waals surface area (Å²) in [4.78, 5) is 21.8. The molecule has 0 fully saturated rings. The van der Waals surface area contributed by atoms with Crippen molar-refractivity contribution in [3.05, 3.63) is 0 Å². The summed E-state index contributed by atoms with van der Waals surface area (Å²) in [5, 5.41) is 26.2. The van der Waals surface area contributed by atoms with Crippen molar-refractivity contribution in [2.24, 2.45) is 0 Å². The summed E-state index contributed by atoms with van der Waals surface area (Å²) in [6, 6.07) is 0. The predicted molar refractivity (Wildman–Crippen MR) is 182 cm³/mol. The van der Waals surface area contributed by atoms with Crippen molar-refractivity contribution in [3.63, 3.8) is 0 Å². The van der Waals surface area contributed by atoms with Crippen LogP contribution in [0.1, 0.15) is 206 Å². The Kier molecular flexibility index (Phi) is 39.8. The van der Waals surface area contributed by atoms with Gasteiger partial charge in [0.05, 0.1) is 13.2 Å². The molecule has 0 aromatic carbocycles. The van der Waals surface area contributed by atoms with Gasteiger partial charge in [-0.1, -0.05) is 181 Å². The van der Waals surface area contributed by atoms with E-state index in [4.69, 9.17) is 20.1 Å². The number of aliphatic hydroxyl groups is 2. The predicted octanol–water partition coefficient (Wildman–Crippen LogP) is 10.7. The Morgan fingerprint density at radius 1 is 0.442 bits per heavy atom. The van der Waals surface area contributed by atoms with Gasteiger partial charge in [0.1, 0.15) is 6.10 Å². The standard InChI is InChI=1S/C21H42O4.C16H32O2/c1-2-3-4-5-6-7-8-9-10-11-12-13-14-15-16-17-21(24)25-20(18-22)19-23;1-2-3-4-5-6-7-8-9-10-11-12-13-14-15-16(17)18/h20,22-23H,2-19H2,1H3;2-15H2,1H3,(H,17,18). The summed E-state index contributed by atoms with van der Waals surface area (Å²) >= 11 is 0. The van der Waals surface area contributed by atoms with Crippen molar-refractivity contribution in [2.45, 2.75) is 213 Å². The lowest BCUT2D eigenvalue weighted by Crippen LogP contribution is -2.25. The molecular formula is C37H74O6. The van der Waals surface area contributed by atoms with Gasteiger partial charge >= 0.3 is 11.9 Å². The molecule has 0 amide bonds. The Bertz CT molecular complexity index is 549. The van der Waals surface area contributed by atoms with Crippen LogP contribution in [0.25, 0.3) is 0 Å². The summed E-state index contributed by atoms with van der Waals surface area (Å²) in [6.45, 7) is 3.89. The van der Waals surface area contributed by atoms with E-state index < -0.39 is 12.1 Å². The third kappa shape index (κ3) is 40.9. The van der Waals surface area contributed by atoms with E-state index >= 15 is 0 Å². The first-order valence-corrected chi connectivity index (χ1v) is 18.6. The van der Waals surface area contributed by atoms with Crippen LogP contribution in [0, 0.1) is 0 Å². The van der Waals surface area contributed by atoms with E-state index in [-0.39, 0.29) is 19.2 Å². The number of aliphatic hydroxyl groups excluding tert-OH is 2. The molecule has 6 nitrogen and oxygen atoms in total. The maximum Gasteiger partial charge on any atom is 0.306 e. The van der Waals surface area contributed by atoms with E-state index in [1.807, 2.05) is 0 Å². The van der Waals surface area contributed by atoms with Crippen molar-refractivity contribution < 1.29 is 29.6 Å². The third-order valence-corrected chi connectivity index (χ3v) is 8.18. The van der Waals surface area contributed by atoms with E-state index in [0.717, 1.165) is 25.7 Å². The zero-order chi connectivity index (χ0) is 32.1. The average Bonchev–Trinajstić information content (AvgIpc) is 3.00. The number of ether oxygens (including phenoxy) is 1. The SMILES string of the molecule is CCCCCCCCCCCCCCCC(=O)O.CCCCCCCCCCCCCCCCCC(=O)OC(CO)CO. The van der Waals surface area contributed by atoms with Gasteiger partial charge in [-0.15, -0.1) is 0 Å².